The van der Waals surface area contributed by atoms with Gasteiger partial charge in [0.15, 0.2) is 3.95 Å². The van der Waals surface area contributed by atoms with Crippen LogP contribution in [0.15, 0.2) is 46.0 Å². The second-order valence-corrected chi connectivity index (χ2v) is 5.19. The highest BCUT2D eigenvalue weighted by Gasteiger charge is 1.98. The van der Waals surface area contributed by atoms with Crippen LogP contribution in [0.25, 0.3) is 10.2 Å². The van der Waals surface area contributed by atoms with Gasteiger partial charge in [0.2, 0.25) is 0 Å². The molecule has 0 amide bonds. The van der Waals surface area contributed by atoms with Crippen molar-refractivity contribution >= 4 is 45.7 Å². The van der Waals surface area contributed by atoms with Crippen molar-refractivity contribution in [3.8, 4) is 0 Å². The van der Waals surface area contributed by atoms with Crippen LogP contribution in [0, 0.1) is 3.95 Å². The third kappa shape index (κ3) is 2.20. The Morgan fingerprint density at radius 3 is 3.12 bits per heavy atom. The Labute approximate surface area is 106 Å². The fraction of sp³-hybridized carbons (Fsp3) is 0. The highest BCUT2D eigenvalue weighted by molar-refractivity contribution is 7.73. The summed E-state index contributed by atoms with van der Waals surface area (Å²) in [6.07, 6.45) is 3.33. The van der Waals surface area contributed by atoms with Gasteiger partial charge >= 0.3 is 0 Å². The van der Waals surface area contributed by atoms with Gasteiger partial charge in [-0.3, -0.25) is 4.99 Å². The van der Waals surface area contributed by atoms with Crippen LogP contribution in [0.5, 0.6) is 0 Å². The van der Waals surface area contributed by atoms with Crippen molar-refractivity contribution in [2.24, 2.45) is 4.99 Å². The first-order valence-corrected chi connectivity index (χ1v) is 6.24. The molecule has 0 saturated carbocycles. The molecule has 0 aliphatic carbocycles. The van der Waals surface area contributed by atoms with E-state index in [1.807, 2.05) is 30.3 Å². The van der Waals surface area contributed by atoms with Gasteiger partial charge in [-0.2, -0.15) is 0 Å². The number of aliphatic imine (C=N–C) groups is 1. The summed E-state index contributed by atoms with van der Waals surface area (Å²) in [6, 6.07) is 9.63. The molecule has 0 fully saturated rings. The second kappa shape index (κ2) is 4.27. The first kappa shape index (κ1) is 10.4. The van der Waals surface area contributed by atoms with Crippen LogP contribution in [0.4, 0.5) is 5.69 Å². The monoisotopic (exact) mass is 260 g/mol. The zero-order valence-electron chi connectivity index (χ0n) is 8.71. The fourth-order valence-electron chi connectivity index (χ4n) is 1.52. The summed E-state index contributed by atoms with van der Waals surface area (Å²) >= 11 is 6.65. The number of benzene rings is 1. The molecule has 0 atom stereocenters. The second-order valence-electron chi connectivity index (χ2n) is 3.47. The van der Waals surface area contributed by atoms with Crippen molar-refractivity contribution in [3.05, 3.63) is 46.3 Å². The van der Waals surface area contributed by atoms with Crippen LogP contribution in [-0.4, -0.2) is 11.2 Å². The Balaban J connectivity index is 1.98. The molecule has 3 nitrogen and oxygen atoms in total. The molecular weight excluding hydrogens is 252 g/mol. The quantitative estimate of drug-likeness (QED) is 0.551. The van der Waals surface area contributed by atoms with Gasteiger partial charge < -0.3 is 9.40 Å². The summed E-state index contributed by atoms with van der Waals surface area (Å²) in [5.41, 5.74) is 1.94. The van der Waals surface area contributed by atoms with E-state index in [4.69, 9.17) is 16.6 Å². The van der Waals surface area contributed by atoms with Crippen molar-refractivity contribution in [1.82, 2.24) is 4.98 Å². The van der Waals surface area contributed by atoms with Crippen LogP contribution in [0.2, 0.25) is 0 Å². The molecule has 3 aromatic rings. The van der Waals surface area contributed by atoms with Crippen LogP contribution in [0.3, 0.4) is 0 Å². The maximum Gasteiger partial charge on any atom is 0.159 e. The first-order chi connectivity index (χ1) is 8.31. The first-order valence-electron chi connectivity index (χ1n) is 5.02. The number of hydrogen-bond donors (Lipinski definition) is 1. The summed E-state index contributed by atoms with van der Waals surface area (Å²) < 4.78 is 7.08. The third-order valence-corrected chi connectivity index (χ3v) is 3.49. The van der Waals surface area contributed by atoms with Gasteiger partial charge in [-0.05, 0) is 42.5 Å². The molecule has 1 N–H and O–H groups in total. The zero-order valence-corrected chi connectivity index (χ0v) is 10.3. The Kier molecular flexibility index (Phi) is 2.62. The number of furan rings is 1. The summed E-state index contributed by atoms with van der Waals surface area (Å²) in [5.74, 6) is 0.742. The maximum atomic E-state index is 5.18. The number of aromatic nitrogens is 1. The van der Waals surface area contributed by atoms with E-state index < -0.39 is 0 Å². The van der Waals surface area contributed by atoms with E-state index in [-0.39, 0.29) is 0 Å². The molecule has 1 aromatic carbocycles. The minimum absolute atomic E-state index is 0.742. The van der Waals surface area contributed by atoms with Gasteiger partial charge in [0.05, 0.1) is 28.4 Å². The van der Waals surface area contributed by atoms with E-state index in [0.717, 1.165) is 25.6 Å². The number of nitrogens with one attached hydrogen (secondary N) is 1. The molecule has 0 radical (unpaired) electrons. The van der Waals surface area contributed by atoms with Crippen LogP contribution in [-0.2, 0) is 0 Å². The lowest BCUT2D eigenvalue weighted by Gasteiger charge is -1.92. The van der Waals surface area contributed by atoms with Gasteiger partial charge in [0.25, 0.3) is 0 Å². The lowest BCUT2D eigenvalue weighted by Crippen LogP contribution is -1.73. The van der Waals surface area contributed by atoms with E-state index in [1.54, 1.807) is 23.8 Å². The minimum atomic E-state index is 0.742. The highest BCUT2D eigenvalue weighted by atomic mass is 32.1. The molecule has 0 spiro atoms. The van der Waals surface area contributed by atoms with Crippen LogP contribution < -0.4 is 0 Å². The molecule has 3 rings (SSSR count). The summed E-state index contributed by atoms with van der Waals surface area (Å²) in [5, 5.41) is 0. The maximum absolute atomic E-state index is 5.18. The van der Waals surface area contributed by atoms with Crippen molar-refractivity contribution in [2.75, 3.05) is 0 Å². The number of aromatic amines is 1. The molecule has 5 heteroatoms. The summed E-state index contributed by atoms with van der Waals surface area (Å²) in [7, 11) is 0. The molecule has 17 heavy (non-hydrogen) atoms. The van der Waals surface area contributed by atoms with E-state index >= 15 is 0 Å². The predicted octanol–water partition coefficient (Wildman–Crippen LogP) is 4.30. The van der Waals surface area contributed by atoms with Crippen molar-refractivity contribution in [3.63, 3.8) is 0 Å². The van der Waals surface area contributed by atoms with Gasteiger partial charge in [-0.15, -0.1) is 11.3 Å². The lowest BCUT2D eigenvalue weighted by atomic mass is 10.3. The lowest BCUT2D eigenvalue weighted by molar-refractivity contribution is 0.560. The average Bonchev–Trinajstić information content (AvgIpc) is 2.92. The van der Waals surface area contributed by atoms with Crippen molar-refractivity contribution in [1.29, 1.82) is 0 Å². The molecule has 84 valence electrons. The topological polar surface area (TPSA) is 41.3 Å². The normalized spacial score (nSPS) is 11.5. The Morgan fingerprint density at radius 2 is 2.29 bits per heavy atom. The molecule has 0 aliphatic heterocycles. The van der Waals surface area contributed by atoms with Gasteiger partial charge in [-0.25, -0.2) is 0 Å². The van der Waals surface area contributed by atoms with Crippen molar-refractivity contribution < 1.29 is 4.42 Å². The molecule has 2 aromatic heterocycles. The van der Waals surface area contributed by atoms with E-state index in [9.17, 15) is 0 Å². The Hall–Kier alpha value is -1.72. The van der Waals surface area contributed by atoms with Crippen LogP contribution >= 0.6 is 23.6 Å². The van der Waals surface area contributed by atoms with E-state index in [1.165, 1.54) is 0 Å². The zero-order chi connectivity index (χ0) is 11.7. The number of fused-ring (bicyclic) bond motifs is 1. The Bertz CT molecular complexity index is 722. The molecule has 0 bridgehead atoms. The number of hydrogen-bond acceptors (Lipinski definition) is 4. The third-order valence-electron chi connectivity index (χ3n) is 2.29. The predicted molar refractivity (Wildman–Crippen MR) is 73.0 cm³/mol. The number of thiazole rings is 1. The number of nitrogens with zero attached hydrogens (tertiary/aromatic N) is 1. The van der Waals surface area contributed by atoms with Crippen molar-refractivity contribution in [2.45, 2.75) is 0 Å². The van der Waals surface area contributed by atoms with E-state index in [0.29, 0.717) is 0 Å². The molecule has 0 unspecified atom stereocenters. The standard InChI is InChI=1S/C12H8N2OS2/c16-12-14-10-4-3-8(6-11(10)17-12)13-7-9-2-1-5-15-9/h1-7H,(H,14,16). The number of H-pyrrole nitrogens is 1. The fourth-order valence-corrected chi connectivity index (χ4v) is 2.67. The molecule has 0 aliphatic rings. The number of rotatable bonds is 2. The highest BCUT2D eigenvalue weighted by Crippen LogP contribution is 2.24. The Morgan fingerprint density at radius 1 is 1.35 bits per heavy atom. The molecular formula is C12H8N2OS2. The minimum Gasteiger partial charge on any atom is -0.463 e. The van der Waals surface area contributed by atoms with Gasteiger partial charge in [0, 0.05) is 0 Å². The van der Waals surface area contributed by atoms with Gasteiger partial charge in [-0.1, -0.05) is 0 Å². The van der Waals surface area contributed by atoms with Crippen LogP contribution in [0.1, 0.15) is 5.76 Å². The smallest absolute Gasteiger partial charge is 0.159 e. The molecule has 0 saturated heterocycles. The molecule has 2 heterocycles. The summed E-state index contributed by atoms with van der Waals surface area (Å²) in [4.78, 5) is 7.47. The largest absolute Gasteiger partial charge is 0.463 e. The average molecular weight is 260 g/mol. The summed E-state index contributed by atoms with van der Waals surface area (Å²) in [6.45, 7) is 0. The SMILES string of the molecule is S=c1[nH]c2ccc(N=Cc3ccco3)cc2s1. The van der Waals surface area contributed by atoms with Gasteiger partial charge in [0.1, 0.15) is 5.76 Å². The van der Waals surface area contributed by atoms with E-state index in [2.05, 4.69) is 9.98 Å².